The summed E-state index contributed by atoms with van der Waals surface area (Å²) in [4.78, 5) is 4.05. The standard InChI is InChI=1S/C16H16N2O/c1-17-15(10-12-6-8-18-9-7-12)14-11-19-16-5-3-2-4-13(14)16/h2-9,11,15,17H,10H2,1H3. The number of pyridine rings is 1. The number of rotatable bonds is 4. The van der Waals surface area contributed by atoms with Crippen molar-refractivity contribution in [1.82, 2.24) is 10.3 Å². The van der Waals surface area contributed by atoms with Crippen molar-refractivity contribution in [1.29, 1.82) is 0 Å². The molecule has 1 atom stereocenters. The lowest BCUT2D eigenvalue weighted by Crippen LogP contribution is -2.18. The average molecular weight is 252 g/mol. The van der Waals surface area contributed by atoms with Gasteiger partial charge in [0.1, 0.15) is 5.58 Å². The van der Waals surface area contributed by atoms with Gasteiger partial charge >= 0.3 is 0 Å². The van der Waals surface area contributed by atoms with E-state index in [0.29, 0.717) is 0 Å². The Morgan fingerprint density at radius 3 is 2.74 bits per heavy atom. The third-order valence-electron chi connectivity index (χ3n) is 3.42. The topological polar surface area (TPSA) is 38.1 Å². The molecule has 0 saturated heterocycles. The molecule has 2 heterocycles. The molecule has 3 heteroatoms. The van der Waals surface area contributed by atoms with Crippen molar-refractivity contribution in [3.8, 4) is 0 Å². The normalized spacial score (nSPS) is 12.7. The summed E-state index contributed by atoms with van der Waals surface area (Å²) in [5.74, 6) is 0. The maximum absolute atomic E-state index is 5.62. The summed E-state index contributed by atoms with van der Waals surface area (Å²) in [6.07, 6.45) is 6.43. The number of hydrogen-bond donors (Lipinski definition) is 1. The predicted molar refractivity (Wildman–Crippen MR) is 76.0 cm³/mol. The minimum Gasteiger partial charge on any atom is -0.464 e. The fourth-order valence-electron chi connectivity index (χ4n) is 2.39. The summed E-state index contributed by atoms with van der Waals surface area (Å²) in [7, 11) is 1.98. The Kier molecular flexibility index (Phi) is 3.29. The van der Waals surface area contributed by atoms with E-state index in [9.17, 15) is 0 Å². The average Bonchev–Trinajstić information content (AvgIpc) is 2.90. The summed E-state index contributed by atoms with van der Waals surface area (Å²) in [5, 5.41) is 4.54. The highest BCUT2D eigenvalue weighted by Crippen LogP contribution is 2.28. The molecule has 0 fully saturated rings. The van der Waals surface area contributed by atoms with Crippen molar-refractivity contribution in [2.75, 3.05) is 7.05 Å². The number of furan rings is 1. The highest BCUT2D eigenvalue weighted by Gasteiger charge is 2.15. The number of nitrogens with one attached hydrogen (secondary N) is 1. The minimum atomic E-state index is 0.242. The van der Waals surface area contributed by atoms with Gasteiger partial charge < -0.3 is 9.73 Å². The monoisotopic (exact) mass is 252 g/mol. The maximum Gasteiger partial charge on any atom is 0.134 e. The zero-order chi connectivity index (χ0) is 13.1. The fraction of sp³-hybridized carbons (Fsp3) is 0.188. The summed E-state index contributed by atoms with van der Waals surface area (Å²) < 4.78 is 5.62. The zero-order valence-corrected chi connectivity index (χ0v) is 10.8. The predicted octanol–water partition coefficient (Wildman–Crippen LogP) is 3.33. The highest BCUT2D eigenvalue weighted by molar-refractivity contribution is 5.81. The lowest BCUT2D eigenvalue weighted by Gasteiger charge is -2.15. The van der Waals surface area contributed by atoms with Gasteiger partial charge in [-0.25, -0.2) is 0 Å². The van der Waals surface area contributed by atoms with Crippen molar-refractivity contribution >= 4 is 11.0 Å². The van der Waals surface area contributed by atoms with Crippen LogP contribution in [0, 0.1) is 0 Å². The molecule has 96 valence electrons. The van der Waals surface area contributed by atoms with Gasteiger partial charge in [0.15, 0.2) is 0 Å². The first kappa shape index (κ1) is 11.9. The molecule has 3 nitrogen and oxygen atoms in total. The first-order chi connectivity index (χ1) is 9.38. The molecule has 0 saturated carbocycles. The Labute approximate surface area is 112 Å². The molecule has 1 aromatic carbocycles. The van der Waals surface area contributed by atoms with Crippen molar-refractivity contribution in [3.05, 3.63) is 66.2 Å². The largest absolute Gasteiger partial charge is 0.464 e. The summed E-state index contributed by atoms with van der Waals surface area (Å²) in [5.41, 5.74) is 3.40. The van der Waals surface area contributed by atoms with Gasteiger partial charge in [-0.05, 0) is 37.2 Å². The lowest BCUT2D eigenvalue weighted by molar-refractivity contribution is 0.563. The van der Waals surface area contributed by atoms with E-state index in [1.165, 1.54) is 16.5 Å². The quantitative estimate of drug-likeness (QED) is 0.774. The molecule has 1 N–H and O–H groups in total. The zero-order valence-electron chi connectivity index (χ0n) is 10.8. The number of aromatic nitrogens is 1. The number of benzene rings is 1. The summed E-state index contributed by atoms with van der Waals surface area (Å²) in [6, 6.07) is 12.5. The van der Waals surface area contributed by atoms with Gasteiger partial charge in [0.05, 0.1) is 6.26 Å². The molecule has 2 aromatic heterocycles. The number of nitrogens with zero attached hydrogens (tertiary/aromatic N) is 1. The van der Waals surface area contributed by atoms with Gasteiger partial charge in [-0.2, -0.15) is 0 Å². The lowest BCUT2D eigenvalue weighted by atomic mass is 9.99. The summed E-state index contributed by atoms with van der Waals surface area (Å²) in [6.45, 7) is 0. The van der Waals surface area contributed by atoms with Crippen LogP contribution < -0.4 is 5.32 Å². The van der Waals surface area contributed by atoms with Crippen molar-refractivity contribution in [2.45, 2.75) is 12.5 Å². The second kappa shape index (κ2) is 5.24. The highest BCUT2D eigenvalue weighted by atomic mass is 16.3. The van der Waals surface area contributed by atoms with Crippen LogP contribution >= 0.6 is 0 Å². The second-order valence-corrected chi connectivity index (χ2v) is 4.59. The number of para-hydroxylation sites is 1. The van der Waals surface area contributed by atoms with Crippen LogP contribution in [0.15, 0.2) is 59.5 Å². The van der Waals surface area contributed by atoms with E-state index in [2.05, 4.69) is 16.4 Å². The van der Waals surface area contributed by atoms with Gasteiger partial charge in [-0.1, -0.05) is 18.2 Å². The van der Waals surface area contributed by atoms with Crippen LogP contribution in [0.4, 0.5) is 0 Å². The second-order valence-electron chi connectivity index (χ2n) is 4.59. The van der Waals surface area contributed by atoms with E-state index in [1.54, 1.807) is 0 Å². The molecule has 3 aromatic rings. The molecule has 19 heavy (non-hydrogen) atoms. The van der Waals surface area contributed by atoms with Crippen molar-refractivity contribution < 1.29 is 4.42 Å². The van der Waals surface area contributed by atoms with Crippen molar-refractivity contribution in [3.63, 3.8) is 0 Å². The number of fused-ring (bicyclic) bond motifs is 1. The van der Waals surface area contributed by atoms with Crippen LogP contribution in [0.2, 0.25) is 0 Å². The van der Waals surface area contributed by atoms with Gasteiger partial charge in [0.25, 0.3) is 0 Å². The first-order valence-corrected chi connectivity index (χ1v) is 6.41. The van der Waals surface area contributed by atoms with E-state index in [1.807, 2.05) is 56.0 Å². The molecule has 0 aliphatic carbocycles. The van der Waals surface area contributed by atoms with E-state index in [4.69, 9.17) is 4.42 Å². The first-order valence-electron chi connectivity index (χ1n) is 6.41. The molecule has 1 unspecified atom stereocenters. The SMILES string of the molecule is CNC(Cc1ccncc1)c1coc2ccccc12. The van der Waals surface area contributed by atoms with Gasteiger partial charge in [0.2, 0.25) is 0 Å². The molecule has 0 radical (unpaired) electrons. The molecule has 0 aliphatic heterocycles. The number of hydrogen-bond acceptors (Lipinski definition) is 3. The van der Waals surface area contributed by atoms with E-state index < -0.39 is 0 Å². The van der Waals surface area contributed by atoms with Crippen LogP contribution in [0.25, 0.3) is 11.0 Å². The van der Waals surface area contributed by atoms with Gasteiger partial charge in [-0.3, -0.25) is 4.98 Å². The smallest absolute Gasteiger partial charge is 0.134 e. The van der Waals surface area contributed by atoms with E-state index in [-0.39, 0.29) is 6.04 Å². The third kappa shape index (κ3) is 2.37. The Balaban J connectivity index is 1.94. The Bertz CT molecular complexity index is 661. The molecule has 0 bridgehead atoms. The molecule has 3 rings (SSSR count). The number of likely N-dealkylation sites (N-methyl/N-ethyl adjacent to an activating group) is 1. The van der Waals surface area contributed by atoms with Gasteiger partial charge in [-0.15, -0.1) is 0 Å². The Hall–Kier alpha value is -2.13. The summed E-state index contributed by atoms with van der Waals surface area (Å²) >= 11 is 0. The van der Waals surface area contributed by atoms with E-state index in [0.717, 1.165) is 12.0 Å². The Morgan fingerprint density at radius 1 is 1.16 bits per heavy atom. The van der Waals surface area contributed by atoms with Crippen LogP contribution in [-0.4, -0.2) is 12.0 Å². The third-order valence-corrected chi connectivity index (χ3v) is 3.42. The van der Waals surface area contributed by atoms with Crippen LogP contribution in [-0.2, 0) is 6.42 Å². The van der Waals surface area contributed by atoms with Crippen LogP contribution in [0.5, 0.6) is 0 Å². The van der Waals surface area contributed by atoms with E-state index >= 15 is 0 Å². The van der Waals surface area contributed by atoms with Gasteiger partial charge in [0, 0.05) is 29.4 Å². The maximum atomic E-state index is 5.62. The minimum absolute atomic E-state index is 0.242. The van der Waals surface area contributed by atoms with Crippen LogP contribution in [0.3, 0.4) is 0 Å². The Morgan fingerprint density at radius 2 is 1.95 bits per heavy atom. The molecule has 0 spiro atoms. The molecular weight excluding hydrogens is 236 g/mol. The molecule has 0 amide bonds. The van der Waals surface area contributed by atoms with Crippen molar-refractivity contribution in [2.24, 2.45) is 0 Å². The van der Waals surface area contributed by atoms with Crippen LogP contribution in [0.1, 0.15) is 17.2 Å². The fourth-order valence-corrected chi connectivity index (χ4v) is 2.39. The molecule has 0 aliphatic rings. The molecular formula is C16H16N2O.